The SMILES string of the molecule is CO/N=C/c1c(N)ncnc1Nc1ccc2c(c1)OCO2. The van der Waals surface area contributed by atoms with E-state index >= 15 is 0 Å². The maximum absolute atomic E-state index is 5.82. The number of anilines is 3. The van der Waals surface area contributed by atoms with Gasteiger partial charge in [0.25, 0.3) is 0 Å². The van der Waals surface area contributed by atoms with E-state index in [-0.39, 0.29) is 6.79 Å². The number of fused-ring (bicyclic) bond motifs is 1. The Morgan fingerprint density at radius 1 is 1.33 bits per heavy atom. The summed E-state index contributed by atoms with van der Waals surface area (Å²) in [6.45, 7) is 0.227. The molecular formula is C13H13N5O3. The van der Waals surface area contributed by atoms with Crippen LogP contribution in [0.3, 0.4) is 0 Å². The van der Waals surface area contributed by atoms with Crippen LogP contribution in [0.4, 0.5) is 17.3 Å². The Morgan fingerprint density at radius 3 is 3.05 bits per heavy atom. The lowest BCUT2D eigenvalue weighted by Gasteiger charge is -2.09. The van der Waals surface area contributed by atoms with Gasteiger partial charge in [0.1, 0.15) is 25.1 Å². The largest absolute Gasteiger partial charge is 0.454 e. The fourth-order valence-electron chi connectivity index (χ4n) is 1.85. The van der Waals surface area contributed by atoms with Crippen LogP contribution in [0.2, 0.25) is 0 Å². The Labute approximate surface area is 120 Å². The van der Waals surface area contributed by atoms with Gasteiger partial charge in [-0.15, -0.1) is 0 Å². The zero-order chi connectivity index (χ0) is 14.7. The van der Waals surface area contributed by atoms with E-state index in [1.165, 1.54) is 19.7 Å². The second-order valence-corrected chi connectivity index (χ2v) is 4.13. The van der Waals surface area contributed by atoms with E-state index in [1.807, 2.05) is 18.2 Å². The Balaban J connectivity index is 1.91. The van der Waals surface area contributed by atoms with Crippen molar-refractivity contribution in [2.75, 3.05) is 25.0 Å². The molecule has 1 aliphatic rings. The van der Waals surface area contributed by atoms with Gasteiger partial charge in [0, 0.05) is 11.8 Å². The summed E-state index contributed by atoms with van der Waals surface area (Å²) in [6, 6.07) is 5.49. The first kappa shape index (κ1) is 13.0. The van der Waals surface area contributed by atoms with Crippen LogP contribution < -0.4 is 20.5 Å². The molecule has 8 nitrogen and oxygen atoms in total. The van der Waals surface area contributed by atoms with Crippen LogP contribution >= 0.6 is 0 Å². The highest BCUT2D eigenvalue weighted by Crippen LogP contribution is 2.35. The number of benzene rings is 1. The van der Waals surface area contributed by atoms with Gasteiger partial charge in [-0.2, -0.15) is 0 Å². The van der Waals surface area contributed by atoms with Crippen molar-refractivity contribution in [3.63, 3.8) is 0 Å². The highest BCUT2D eigenvalue weighted by atomic mass is 16.7. The zero-order valence-corrected chi connectivity index (χ0v) is 11.2. The Kier molecular flexibility index (Phi) is 3.42. The Bertz CT molecular complexity index is 690. The molecule has 3 N–H and O–H groups in total. The standard InChI is InChI=1S/C13H13N5O3/c1-19-17-5-9-12(14)15-6-16-13(9)18-8-2-3-10-11(4-8)21-7-20-10/h2-6H,7H2,1H3,(H3,14,15,16,18)/b17-5+. The fourth-order valence-corrected chi connectivity index (χ4v) is 1.85. The first-order valence-electron chi connectivity index (χ1n) is 6.11. The van der Waals surface area contributed by atoms with E-state index in [2.05, 4.69) is 25.3 Å². The molecular weight excluding hydrogens is 274 g/mol. The van der Waals surface area contributed by atoms with Crippen molar-refractivity contribution in [2.45, 2.75) is 0 Å². The number of nitrogens with zero attached hydrogens (tertiary/aromatic N) is 3. The van der Waals surface area contributed by atoms with E-state index < -0.39 is 0 Å². The maximum Gasteiger partial charge on any atom is 0.231 e. The molecule has 0 radical (unpaired) electrons. The molecule has 0 fully saturated rings. The second kappa shape index (κ2) is 5.53. The highest BCUT2D eigenvalue weighted by Gasteiger charge is 2.14. The molecule has 0 bridgehead atoms. The molecule has 0 saturated carbocycles. The molecule has 0 amide bonds. The molecule has 1 aliphatic heterocycles. The summed E-state index contributed by atoms with van der Waals surface area (Å²) in [7, 11) is 1.45. The normalized spacial score (nSPS) is 12.6. The first-order valence-corrected chi connectivity index (χ1v) is 6.11. The second-order valence-electron chi connectivity index (χ2n) is 4.13. The molecule has 108 valence electrons. The molecule has 2 heterocycles. The summed E-state index contributed by atoms with van der Waals surface area (Å²) >= 11 is 0. The van der Waals surface area contributed by atoms with Crippen molar-refractivity contribution in [3.8, 4) is 11.5 Å². The molecule has 0 atom stereocenters. The monoisotopic (exact) mass is 287 g/mol. The number of nitrogens with two attached hydrogens (primary N) is 1. The van der Waals surface area contributed by atoms with E-state index in [0.717, 1.165) is 5.69 Å². The maximum atomic E-state index is 5.82. The summed E-state index contributed by atoms with van der Waals surface area (Å²) in [5, 5.41) is 6.83. The molecule has 0 spiro atoms. The molecule has 1 aromatic heterocycles. The van der Waals surface area contributed by atoms with Gasteiger partial charge < -0.3 is 25.4 Å². The lowest BCUT2D eigenvalue weighted by atomic mass is 10.2. The van der Waals surface area contributed by atoms with Crippen molar-refractivity contribution in [3.05, 3.63) is 30.1 Å². The van der Waals surface area contributed by atoms with Crippen LogP contribution in [0, 0.1) is 0 Å². The van der Waals surface area contributed by atoms with Crippen LogP contribution in [0.1, 0.15) is 5.56 Å². The number of oxime groups is 1. The van der Waals surface area contributed by atoms with Crippen LogP contribution in [-0.2, 0) is 4.84 Å². The Morgan fingerprint density at radius 2 is 2.19 bits per heavy atom. The highest BCUT2D eigenvalue weighted by molar-refractivity contribution is 5.92. The van der Waals surface area contributed by atoms with E-state index in [0.29, 0.717) is 28.7 Å². The minimum atomic E-state index is 0.227. The van der Waals surface area contributed by atoms with Gasteiger partial charge in [-0.1, -0.05) is 5.16 Å². The van der Waals surface area contributed by atoms with Crippen LogP contribution in [0.15, 0.2) is 29.7 Å². The summed E-state index contributed by atoms with van der Waals surface area (Å²) < 4.78 is 10.6. The smallest absolute Gasteiger partial charge is 0.231 e. The zero-order valence-electron chi connectivity index (χ0n) is 11.2. The summed E-state index contributed by atoms with van der Waals surface area (Å²) in [5.41, 5.74) is 7.14. The number of aromatic nitrogens is 2. The predicted octanol–water partition coefficient (Wildman–Crippen LogP) is 1.51. The van der Waals surface area contributed by atoms with Crippen molar-refractivity contribution >= 4 is 23.5 Å². The molecule has 3 rings (SSSR count). The quantitative estimate of drug-likeness (QED) is 0.648. The van der Waals surface area contributed by atoms with E-state index in [4.69, 9.17) is 15.2 Å². The summed E-state index contributed by atoms with van der Waals surface area (Å²) in [4.78, 5) is 12.7. The van der Waals surface area contributed by atoms with Crippen molar-refractivity contribution in [1.82, 2.24) is 9.97 Å². The average Bonchev–Trinajstić information content (AvgIpc) is 2.94. The van der Waals surface area contributed by atoms with Gasteiger partial charge in [0.2, 0.25) is 6.79 Å². The molecule has 0 unspecified atom stereocenters. The van der Waals surface area contributed by atoms with Crippen LogP contribution in [0.25, 0.3) is 0 Å². The van der Waals surface area contributed by atoms with Crippen molar-refractivity contribution in [2.24, 2.45) is 5.16 Å². The Hall–Kier alpha value is -3.03. The number of hydrogen-bond donors (Lipinski definition) is 2. The predicted molar refractivity (Wildman–Crippen MR) is 76.9 cm³/mol. The van der Waals surface area contributed by atoms with Gasteiger partial charge in [0.15, 0.2) is 11.5 Å². The third kappa shape index (κ3) is 2.64. The topological polar surface area (TPSA) is 104 Å². The number of nitrogen functional groups attached to an aromatic ring is 1. The van der Waals surface area contributed by atoms with E-state index in [9.17, 15) is 0 Å². The minimum absolute atomic E-state index is 0.227. The molecule has 1 aromatic carbocycles. The molecule has 0 aliphatic carbocycles. The molecule has 21 heavy (non-hydrogen) atoms. The van der Waals surface area contributed by atoms with Crippen LogP contribution in [-0.4, -0.2) is 30.1 Å². The third-order valence-electron chi connectivity index (χ3n) is 2.84. The van der Waals surface area contributed by atoms with Gasteiger partial charge in [-0.25, -0.2) is 9.97 Å². The summed E-state index contributed by atoms with van der Waals surface area (Å²) in [6.07, 6.45) is 2.82. The molecule has 2 aromatic rings. The van der Waals surface area contributed by atoms with Gasteiger partial charge in [-0.3, -0.25) is 0 Å². The van der Waals surface area contributed by atoms with E-state index in [1.54, 1.807) is 0 Å². The fraction of sp³-hybridized carbons (Fsp3) is 0.154. The van der Waals surface area contributed by atoms with Crippen LogP contribution in [0.5, 0.6) is 11.5 Å². The number of hydrogen-bond acceptors (Lipinski definition) is 8. The molecule has 8 heteroatoms. The van der Waals surface area contributed by atoms with Crippen molar-refractivity contribution in [1.29, 1.82) is 0 Å². The number of ether oxygens (including phenoxy) is 2. The molecule has 0 saturated heterocycles. The minimum Gasteiger partial charge on any atom is -0.454 e. The first-order chi connectivity index (χ1) is 10.3. The summed E-state index contributed by atoms with van der Waals surface area (Å²) in [5.74, 6) is 2.20. The third-order valence-corrected chi connectivity index (χ3v) is 2.84. The van der Waals surface area contributed by atoms with Gasteiger partial charge in [0.05, 0.1) is 11.8 Å². The number of nitrogens with one attached hydrogen (secondary N) is 1. The van der Waals surface area contributed by atoms with Crippen molar-refractivity contribution < 1.29 is 14.3 Å². The average molecular weight is 287 g/mol. The van der Waals surface area contributed by atoms with Gasteiger partial charge in [-0.05, 0) is 12.1 Å². The van der Waals surface area contributed by atoms with Gasteiger partial charge >= 0.3 is 0 Å². The number of rotatable bonds is 4. The lowest BCUT2D eigenvalue weighted by molar-refractivity contribution is 0.174. The lowest BCUT2D eigenvalue weighted by Crippen LogP contribution is -2.05.